The summed E-state index contributed by atoms with van der Waals surface area (Å²) in [5.41, 5.74) is 0. The molecule has 0 fully saturated rings. The quantitative estimate of drug-likeness (QED) is 0.384. The average molecular weight is 201 g/mol. The second kappa shape index (κ2) is 4.06. The van der Waals surface area contributed by atoms with Gasteiger partial charge in [0.05, 0.1) is 0 Å². The Hall–Kier alpha value is -1.34. The van der Waals surface area contributed by atoms with Crippen LogP contribution in [0.5, 0.6) is 0 Å². The van der Waals surface area contributed by atoms with E-state index in [9.17, 15) is 28.1 Å². The third kappa shape index (κ3) is 4.99. The van der Waals surface area contributed by atoms with Crippen molar-refractivity contribution in [1.29, 1.82) is 0 Å². The van der Waals surface area contributed by atoms with Crippen molar-refractivity contribution in [3.63, 3.8) is 0 Å². The van der Waals surface area contributed by atoms with Gasteiger partial charge in [-0.3, -0.25) is 14.9 Å². The van der Waals surface area contributed by atoms with E-state index in [2.05, 4.69) is 4.74 Å². The lowest BCUT2D eigenvalue weighted by atomic mass is 10.3. The minimum atomic E-state index is -4.90. The molecule has 8 heteroatoms. The van der Waals surface area contributed by atoms with Gasteiger partial charge in [-0.25, -0.2) is 0 Å². The Kier molecular flexibility index (Phi) is 3.64. The Morgan fingerprint density at radius 3 is 2.31 bits per heavy atom. The molecule has 13 heavy (non-hydrogen) atoms. The molecule has 0 aliphatic rings. The molecule has 0 heterocycles. The molecule has 0 aromatic heterocycles. The number of hydrogen-bond acceptors (Lipinski definition) is 4. The van der Waals surface area contributed by atoms with E-state index >= 15 is 0 Å². The lowest BCUT2D eigenvalue weighted by Crippen LogP contribution is -2.39. The third-order valence-corrected chi connectivity index (χ3v) is 0.988. The zero-order valence-electron chi connectivity index (χ0n) is 6.50. The number of esters is 1. The molecule has 0 saturated heterocycles. The zero-order valence-corrected chi connectivity index (χ0v) is 6.50. The van der Waals surface area contributed by atoms with E-state index in [0.717, 1.165) is 6.92 Å². The normalized spacial score (nSPS) is 13.5. The van der Waals surface area contributed by atoms with Gasteiger partial charge in [0.1, 0.15) is 0 Å². The number of nitrogens with zero attached hydrogens (tertiary/aromatic N) is 1. The van der Waals surface area contributed by atoms with Gasteiger partial charge in [-0.2, -0.15) is 13.2 Å². The van der Waals surface area contributed by atoms with Gasteiger partial charge in [-0.05, 0) is 0 Å². The van der Waals surface area contributed by atoms with E-state index in [1.807, 2.05) is 0 Å². The molecule has 1 unspecified atom stereocenters. The SMILES string of the molecule is CC(=O)OC(C[N+](=O)[O-])C(F)(F)F. The van der Waals surface area contributed by atoms with Crippen LogP contribution < -0.4 is 0 Å². The summed E-state index contributed by atoms with van der Waals surface area (Å²) in [6, 6.07) is 0. The fourth-order valence-corrected chi connectivity index (χ4v) is 0.543. The van der Waals surface area contributed by atoms with Crippen molar-refractivity contribution < 1.29 is 27.6 Å². The highest BCUT2D eigenvalue weighted by Crippen LogP contribution is 2.23. The zero-order chi connectivity index (χ0) is 10.6. The fraction of sp³-hybridized carbons (Fsp3) is 0.800. The van der Waals surface area contributed by atoms with E-state index in [1.54, 1.807) is 0 Å². The Bertz CT molecular complexity index is 198. The van der Waals surface area contributed by atoms with Crippen molar-refractivity contribution in [1.82, 2.24) is 0 Å². The maximum atomic E-state index is 11.9. The lowest BCUT2D eigenvalue weighted by Gasteiger charge is -2.15. The standard InChI is InChI=1S/C5H6F3NO4/c1-3(10)13-4(2-9(11)12)5(6,7)8/h4H,2H2,1H3. The molecular formula is C5H6F3NO4. The van der Waals surface area contributed by atoms with Crippen molar-refractivity contribution in [2.45, 2.75) is 19.2 Å². The first-order chi connectivity index (χ1) is 5.73. The van der Waals surface area contributed by atoms with Crippen LogP contribution in [0.3, 0.4) is 0 Å². The molecule has 1 atom stereocenters. The molecule has 0 saturated carbocycles. The van der Waals surface area contributed by atoms with Gasteiger partial charge in [-0.15, -0.1) is 0 Å². The number of carbonyl (C=O) groups excluding carboxylic acids is 1. The van der Waals surface area contributed by atoms with Gasteiger partial charge < -0.3 is 4.74 Å². The molecule has 76 valence electrons. The Balaban J connectivity index is 4.37. The molecule has 0 radical (unpaired) electrons. The average Bonchev–Trinajstić information content (AvgIpc) is 1.81. The van der Waals surface area contributed by atoms with Crippen molar-refractivity contribution in [3.05, 3.63) is 10.1 Å². The van der Waals surface area contributed by atoms with E-state index in [4.69, 9.17) is 0 Å². The molecule has 0 aliphatic carbocycles. The molecule has 0 aromatic rings. The lowest BCUT2D eigenvalue weighted by molar-refractivity contribution is -0.500. The molecule has 0 rings (SSSR count). The number of carbonyl (C=O) groups is 1. The van der Waals surface area contributed by atoms with Crippen molar-refractivity contribution in [2.24, 2.45) is 0 Å². The molecule has 0 amide bonds. The number of hydrogen-bond donors (Lipinski definition) is 0. The van der Waals surface area contributed by atoms with Crippen LogP contribution in [-0.2, 0) is 9.53 Å². The molecule has 0 spiro atoms. The minimum absolute atomic E-state index is 0.749. The molecule has 0 bridgehead atoms. The summed E-state index contributed by atoms with van der Waals surface area (Å²) in [5.74, 6) is -1.20. The molecule has 0 aromatic carbocycles. The van der Waals surface area contributed by atoms with Gasteiger partial charge in [0.15, 0.2) is 0 Å². The van der Waals surface area contributed by atoms with E-state index < -0.39 is 29.7 Å². The summed E-state index contributed by atoms with van der Waals surface area (Å²) in [5, 5.41) is 9.75. The third-order valence-electron chi connectivity index (χ3n) is 0.988. The van der Waals surface area contributed by atoms with E-state index in [1.165, 1.54) is 0 Å². The van der Waals surface area contributed by atoms with Crippen LogP contribution in [0.15, 0.2) is 0 Å². The van der Waals surface area contributed by atoms with Crippen LogP contribution in [0.2, 0.25) is 0 Å². The van der Waals surface area contributed by atoms with Crippen LogP contribution in [-0.4, -0.2) is 29.7 Å². The maximum absolute atomic E-state index is 11.9. The van der Waals surface area contributed by atoms with Crippen LogP contribution in [0.4, 0.5) is 13.2 Å². The van der Waals surface area contributed by atoms with E-state index in [0.29, 0.717) is 0 Å². The minimum Gasteiger partial charge on any atom is -0.446 e. The van der Waals surface area contributed by atoms with Crippen LogP contribution in [0.25, 0.3) is 0 Å². The highest BCUT2D eigenvalue weighted by molar-refractivity contribution is 5.66. The predicted octanol–water partition coefficient (Wildman–Crippen LogP) is 0.757. The number of ether oxygens (including phenoxy) is 1. The Labute approximate surface area is 70.6 Å². The molecule has 5 nitrogen and oxygen atoms in total. The Morgan fingerprint density at radius 1 is 1.62 bits per heavy atom. The van der Waals surface area contributed by atoms with Gasteiger partial charge in [0, 0.05) is 11.8 Å². The number of halogens is 3. The summed E-state index contributed by atoms with van der Waals surface area (Å²) in [6.07, 6.45) is -7.57. The summed E-state index contributed by atoms with van der Waals surface area (Å²) in [7, 11) is 0. The van der Waals surface area contributed by atoms with Crippen LogP contribution in [0, 0.1) is 10.1 Å². The molecule has 0 N–H and O–H groups in total. The van der Waals surface area contributed by atoms with Crippen LogP contribution >= 0.6 is 0 Å². The monoisotopic (exact) mass is 201 g/mol. The van der Waals surface area contributed by atoms with Gasteiger partial charge in [-0.1, -0.05) is 0 Å². The highest BCUT2D eigenvalue weighted by atomic mass is 19.4. The summed E-state index contributed by atoms with van der Waals surface area (Å²) in [6.45, 7) is -0.720. The predicted molar refractivity (Wildman–Crippen MR) is 33.5 cm³/mol. The van der Waals surface area contributed by atoms with Crippen molar-refractivity contribution in [2.75, 3.05) is 6.54 Å². The first kappa shape index (κ1) is 11.7. The number of rotatable bonds is 3. The summed E-state index contributed by atoms with van der Waals surface area (Å²) < 4.78 is 39.3. The second-order valence-electron chi connectivity index (χ2n) is 2.15. The smallest absolute Gasteiger partial charge is 0.432 e. The highest BCUT2D eigenvalue weighted by Gasteiger charge is 2.46. The van der Waals surface area contributed by atoms with E-state index in [-0.39, 0.29) is 0 Å². The second-order valence-corrected chi connectivity index (χ2v) is 2.15. The maximum Gasteiger partial charge on any atom is 0.432 e. The fourth-order valence-electron chi connectivity index (χ4n) is 0.543. The Morgan fingerprint density at radius 2 is 2.08 bits per heavy atom. The van der Waals surface area contributed by atoms with Crippen molar-refractivity contribution in [3.8, 4) is 0 Å². The van der Waals surface area contributed by atoms with Gasteiger partial charge in [0.2, 0.25) is 6.54 Å². The molecule has 0 aliphatic heterocycles. The summed E-state index contributed by atoms with van der Waals surface area (Å²) in [4.78, 5) is 18.7. The number of alkyl halides is 3. The largest absolute Gasteiger partial charge is 0.446 e. The number of nitro groups is 1. The van der Waals surface area contributed by atoms with Crippen LogP contribution in [0.1, 0.15) is 6.92 Å². The van der Waals surface area contributed by atoms with Gasteiger partial charge in [0.25, 0.3) is 6.10 Å². The molecular weight excluding hydrogens is 195 g/mol. The van der Waals surface area contributed by atoms with Crippen molar-refractivity contribution >= 4 is 5.97 Å². The topological polar surface area (TPSA) is 69.4 Å². The first-order valence-electron chi connectivity index (χ1n) is 3.09. The van der Waals surface area contributed by atoms with Gasteiger partial charge >= 0.3 is 12.1 Å². The first-order valence-corrected chi connectivity index (χ1v) is 3.09. The summed E-state index contributed by atoms with van der Waals surface area (Å²) >= 11 is 0.